The number of hydrogen-bond donors (Lipinski definition) is 0. The van der Waals surface area contributed by atoms with E-state index >= 15 is 0 Å². The van der Waals surface area contributed by atoms with Crippen molar-refractivity contribution in [1.29, 1.82) is 0 Å². The van der Waals surface area contributed by atoms with Crippen LogP contribution in [0.1, 0.15) is 10.5 Å². The van der Waals surface area contributed by atoms with E-state index in [-0.39, 0.29) is 17.5 Å². The summed E-state index contributed by atoms with van der Waals surface area (Å²) < 4.78 is 0. The van der Waals surface area contributed by atoms with Gasteiger partial charge in [0.05, 0.1) is 23.1 Å². The number of carbonyl (C=O) groups is 2. The van der Waals surface area contributed by atoms with Gasteiger partial charge in [-0.1, -0.05) is 12.1 Å². The van der Waals surface area contributed by atoms with E-state index in [2.05, 4.69) is 9.97 Å². The Balaban J connectivity index is 1.89. The van der Waals surface area contributed by atoms with Gasteiger partial charge in [-0.25, -0.2) is 4.98 Å². The molecule has 0 bridgehead atoms. The number of thioether (sulfide) groups is 1. The second kappa shape index (κ2) is 5.92. The van der Waals surface area contributed by atoms with Gasteiger partial charge in [-0.3, -0.25) is 14.6 Å². The summed E-state index contributed by atoms with van der Waals surface area (Å²) in [5.41, 5.74) is 1.70. The Bertz CT molecular complexity index is 734. The number of aromatic nitrogens is 2. The van der Waals surface area contributed by atoms with E-state index in [4.69, 9.17) is 0 Å². The molecule has 1 aromatic carbocycles. The fraction of sp³-hybridized carbons (Fsp3) is 0.333. The van der Waals surface area contributed by atoms with E-state index in [0.29, 0.717) is 17.1 Å². The fourth-order valence-electron chi connectivity index (χ4n) is 2.35. The number of rotatable bonds is 2. The first-order chi connectivity index (χ1) is 10.6. The Kier molecular flexibility index (Phi) is 3.98. The van der Waals surface area contributed by atoms with Crippen LogP contribution in [0.25, 0.3) is 11.0 Å². The van der Waals surface area contributed by atoms with Gasteiger partial charge in [0.2, 0.25) is 5.91 Å². The Hall–Kier alpha value is -2.15. The summed E-state index contributed by atoms with van der Waals surface area (Å²) in [4.78, 5) is 36.6. The first-order valence-corrected chi connectivity index (χ1v) is 8.05. The zero-order chi connectivity index (χ0) is 15.7. The molecule has 0 unspecified atom stereocenters. The van der Waals surface area contributed by atoms with Crippen molar-refractivity contribution in [3.05, 3.63) is 36.2 Å². The molecule has 3 rings (SSSR count). The molecule has 1 saturated heterocycles. The van der Waals surface area contributed by atoms with Crippen molar-refractivity contribution < 1.29 is 9.59 Å². The molecular formula is C15H16N4O2S. The van der Waals surface area contributed by atoms with E-state index in [9.17, 15) is 9.59 Å². The predicted molar refractivity (Wildman–Crippen MR) is 85.5 cm³/mol. The van der Waals surface area contributed by atoms with Crippen molar-refractivity contribution in [1.82, 2.24) is 19.8 Å². The maximum atomic E-state index is 12.7. The molecule has 1 aliphatic heterocycles. The largest absolute Gasteiger partial charge is 0.347 e. The van der Waals surface area contributed by atoms with Crippen LogP contribution in [0, 0.1) is 0 Å². The van der Waals surface area contributed by atoms with Crippen molar-refractivity contribution in [3.8, 4) is 0 Å². The van der Waals surface area contributed by atoms with Gasteiger partial charge in [-0.15, -0.1) is 11.8 Å². The minimum Gasteiger partial charge on any atom is -0.347 e. The topological polar surface area (TPSA) is 66.4 Å². The lowest BCUT2D eigenvalue weighted by Crippen LogP contribution is -2.47. The van der Waals surface area contributed by atoms with Gasteiger partial charge in [0, 0.05) is 19.8 Å². The summed E-state index contributed by atoms with van der Waals surface area (Å²) in [5, 5.41) is 0. The molecule has 0 radical (unpaired) electrons. The highest BCUT2D eigenvalue weighted by atomic mass is 32.2. The number of para-hydroxylation sites is 2. The molecular weight excluding hydrogens is 300 g/mol. The molecule has 0 aliphatic carbocycles. The summed E-state index contributed by atoms with van der Waals surface area (Å²) in [5.74, 6) is 0.803. The van der Waals surface area contributed by atoms with Crippen LogP contribution in [0.5, 0.6) is 0 Å². The minimum absolute atomic E-state index is 0.0629. The molecule has 0 saturated carbocycles. The van der Waals surface area contributed by atoms with Crippen LogP contribution in [0.4, 0.5) is 0 Å². The van der Waals surface area contributed by atoms with Gasteiger partial charge >= 0.3 is 0 Å². The summed E-state index contributed by atoms with van der Waals surface area (Å²) in [6.45, 7) is 0. The third kappa shape index (κ3) is 2.64. The Morgan fingerprint density at radius 3 is 2.73 bits per heavy atom. The molecule has 1 atom stereocenters. The van der Waals surface area contributed by atoms with Crippen LogP contribution in [-0.4, -0.2) is 63.3 Å². The van der Waals surface area contributed by atoms with Gasteiger partial charge in [0.25, 0.3) is 5.91 Å². The lowest BCUT2D eigenvalue weighted by atomic mass is 10.2. The highest BCUT2D eigenvalue weighted by Crippen LogP contribution is 2.24. The van der Waals surface area contributed by atoms with Gasteiger partial charge in [-0.05, 0) is 12.1 Å². The van der Waals surface area contributed by atoms with Crippen molar-refractivity contribution in [2.75, 3.05) is 25.7 Å². The van der Waals surface area contributed by atoms with E-state index in [1.807, 2.05) is 24.3 Å². The molecule has 0 N–H and O–H groups in total. The van der Waals surface area contributed by atoms with Gasteiger partial charge in [0.1, 0.15) is 11.7 Å². The van der Waals surface area contributed by atoms with Crippen molar-refractivity contribution in [3.63, 3.8) is 0 Å². The average Bonchev–Trinajstić information content (AvgIpc) is 3.02. The number of fused-ring (bicyclic) bond motifs is 1. The third-order valence-electron chi connectivity index (χ3n) is 3.54. The molecule has 2 heterocycles. The normalized spacial score (nSPS) is 17.7. The van der Waals surface area contributed by atoms with Crippen LogP contribution in [0.15, 0.2) is 30.5 Å². The van der Waals surface area contributed by atoms with E-state index < -0.39 is 6.04 Å². The van der Waals surface area contributed by atoms with E-state index in [1.54, 1.807) is 30.8 Å². The predicted octanol–water partition coefficient (Wildman–Crippen LogP) is 1.23. The molecule has 1 fully saturated rings. The van der Waals surface area contributed by atoms with Crippen molar-refractivity contribution in [2.24, 2.45) is 0 Å². The lowest BCUT2D eigenvalue weighted by Gasteiger charge is -2.25. The quantitative estimate of drug-likeness (QED) is 0.834. The van der Waals surface area contributed by atoms with Crippen LogP contribution < -0.4 is 0 Å². The SMILES string of the molecule is CN(C)C(=O)[C@H]1CSCN1C(=O)c1cnc2ccccc2n1. The van der Waals surface area contributed by atoms with Crippen molar-refractivity contribution in [2.45, 2.75) is 6.04 Å². The highest BCUT2D eigenvalue weighted by molar-refractivity contribution is 7.99. The average molecular weight is 316 g/mol. The van der Waals surface area contributed by atoms with Crippen LogP contribution in [-0.2, 0) is 4.79 Å². The zero-order valence-corrected chi connectivity index (χ0v) is 13.2. The number of amides is 2. The summed E-state index contributed by atoms with van der Waals surface area (Å²) in [7, 11) is 3.40. The van der Waals surface area contributed by atoms with E-state index in [0.717, 1.165) is 5.52 Å². The zero-order valence-electron chi connectivity index (χ0n) is 12.4. The Labute approximate surface area is 132 Å². The van der Waals surface area contributed by atoms with E-state index in [1.165, 1.54) is 11.1 Å². The molecule has 22 heavy (non-hydrogen) atoms. The Morgan fingerprint density at radius 1 is 1.27 bits per heavy atom. The second-order valence-electron chi connectivity index (χ2n) is 5.27. The second-order valence-corrected chi connectivity index (χ2v) is 6.27. The first kappa shape index (κ1) is 14.8. The van der Waals surface area contributed by atoms with Crippen LogP contribution in [0.2, 0.25) is 0 Å². The van der Waals surface area contributed by atoms with Gasteiger partial charge < -0.3 is 9.80 Å². The number of likely N-dealkylation sites (N-methyl/N-ethyl adjacent to an activating group) is 1. The van der Waals surface area contributed by atoms with Crippen LogP contribution >= 0.6 is 11.8 Å². The molecule has 2 amide bonds. The molecule has 1 aromatic heterocycles. The smallest absolute Gasteiger partial charge is 0.275 e. The Morgan fingerprint density at radius 2 is 2.00 bits per heavy atom. The first-order valence-electron chi connectivity index (χ1n) is 6.89. The third-order valence-corrected chi connectivity index (χ3v) is 4.55. The number of benzene rings is 1. The number of hydrogen-bond acceptors (Lipinski definition) is 5. The summed E-state index contributed by atoms with van der Waals surface area (Å²) >= 11 is 1.57. The molecule has 114 valence electrons. The summed E-state index contributed by atoms with van der Waals surface area (Å²) in [6.07, 6.45) is 1.48. The maximum absolute atomic E-state index is 12.7. The maximum Gasteiger partial charge on any atom is 0.275 e. The van der Waals surface area contributed by atoms with Crippen molar-refractivity contribution >= 4 is 34.6 Å². The molecule has 7 heteroatoms. The molecule has 0 spiro atoms. The lowest BCUT2D eigenvalue weighted by molar-refractivity contribution is -0.132. The highest BCUT2D eigenvalue weighted by Gasteiger charge is 2.36. The standard InChI is InChI=1S/C15H16N4O2S/c1-18(2)15(21)13-8-22-9-19(13)14(20)12-7-16-10-5-3-4-6-11(10)17-12/h3-7,13H,8-9H2,1-2H3/t13-/m1/s1. The van der Waals surface area contributed by atoms with Gasteiger partial charge in [0.15, 0.2) is 0 Å². The number of carbonyl (C=O) groups excluding carboxylic acids is 2. The van der Waals surface area contributed by atoms with Crippen LogP contribution in [0.3, 0.4) is 0 Å². The monoisotopic (exact) mass is 316 g/mol. The summed E-state index contributed by atoms with van der Waals surface area (Å²) in [6, 6.07) is 6.97. The molecule has 1 aliphatic rings. The van der Waals surface area contributed by atoms with Gasteiger partial charge in [-0.2, -0.15) is 0 Å². The molecule has 6 nitrogen and oxygen atoms in total. The number of nitrogens with zero attached hydrogens (tertiary/aromatic N) is 4. The molecule has 2 aromatic rings. The fourth-order valence-corrected chi connectivity index (χ4v) is 3.50. The minimum atomic E-state index is -0.430.